The summed E-state index contributed by atoms with van der Waals surface area (Å²) in [6.07, 6.45) is 2.97. The van der Waals surface area contributed by atoms with Gasteiger partial charge in [0.15, 0.2) is 0 Å². The van der Waals surface area contributed by atoms with Crippen LogP contribution in [-0.2, 0) is 11.3 Å². The topological polar surface area (TPSA) is 59.8 Å². The Morgan fingerprint density at radius 2 is 1.92 bits per heavy atom. The van der Waals surface area contributed by atoms with Crippen molar-refractivity contribution in [2.45, 2.75) is 26.4 Å². The van der Waals surface area contributed by atoms with Gasteiger partial charge in [-0.1, -0.05) is 48.0 Å². The van der Waals surface area contributed by atoms with E-state index in [0.29, 0.717) is 6.54 Å². The largest absolute Gasteiger partial charge is 0.350 e. The van der Waals surface area contributed by atoms with Gasteiger partial charge in [0.2, 0.25) is 5.91 Å². The highest BCUT2D eigenvalue weighted by molar-refractivity contribution is 5.79. The number of aromatic nitrogens is 3. The summed E-state index contributed by atoms with van der Waals surface area (Å²) in [6, 6.07) is 16.2. The van der Waals surface area contributed by atoms with Crippen molar-refractivity contribution in [3.05, 3.63) is 72.3 Å². The number of rotatable bonds is 5. The summed E-state index contributed by atoms with van der Waals surface area (Å²) in [4.78, 5) is 16.1. The second kappa shape index (κ2) is 7.08. The second-order valence-corrected chi connectivity index (χ2v) is 5.84. The molecule has 1 unspecified atom stereocenters. The number of carbonyl (C=O) groups is 1. The predicted octanol–water partition coefficient (Wildman–Crippen LogP) is 3.13. The first-order chi connectivity index (χ1) is 11.6. The van der Waals surface area contributed by atoms with Crippen molar-refractivity contribution < 1.29 is 4.79 Å². The van der Waals surface area contributed by atoms with Gasteiger partial charge in [0.25, 0.3) is 0 Å². The van der Waals surface area contributed by atoms with E-state index in [4.69, 9.17) is 0 Å². The van der Waals surface area contributed by atoms with Gasteiger partial charge in [0.1, 0.15) is 18.7 Å². The molecule has 5 heteroatoms. The summed E-state index contributed by atoms with van der Waals surface area (Å²) in [5, 5.41) is 6.95. The third kappa shape index (κ3) is 3.68. The van der Waals surface area contributed by atoms with Crippen molar-refractivity contribution in [1.29, 1.82) is 0 Å². The molecule has 3 aromatic rings. The zero-order chi connectivity index (χ0) is 16.9. The lowest BCUT2D eigenvalue weighted by Crippen LogP contribution is -2.30. The summed E-state index contributed by atoms with van der Waals surface area (Å²) >= 11 is 0. The number of hydrogen-bond donors (Lipinski definition) is 1. The maximum Gasteiger partial charge on any atom is 0.244 e. The third-order valence-electron chi connectivity index (χ3n) is 3.96. The first kappa shape index (κ1) is 15.9. The summed E-state index contributed by atoms with van der Waals surface area (Å²) in [6.45, 7) is 4.36. The Morgan fingerprint density at radius 1 is 1.17 bits per heavy atom. The smallest absolute Gasteiger partial charge is 0.244 e. The van der Waals surface area contributed by atoms with Gasteiger partial charge in [-0.25, -0.2) is 9.67 Å². The Kier molecular flexibility index (Phi) is 4.70. The summed E-state index contributed by atoms with van der Waals surface area (Å²) < 4.78 is 1.54. The molecule has 0 aliphatic rings. The van der Waals surface area contributed by atoms with Crippen LogP contribution < -0.4 is 5.32 Å². The number of hydrogen-bond acceptors (Lipinski definition) is 3. The number of amides is 1. The van der Waals surface area contributed by atoms with Gasteiger partial charge in [-0.05, 0) is 36.6 Å². The van der Waals surface area contributed by atoms with Crippen LogP contribution in [0.1, 0.15) is 24.1 Å². The molecule has 1 atom stereocenters. The summed E-state index contributed by atoms with van der Waals surface area (Å²) in [7, 11) is 0. The minimum Gasteiger partial charge on any atom is -0.350 e. The molecule has 122 valence electrons. The minimum atomic E-state index is -0.382. The van der Waals surface area contributed by atoms with Crippen molar-refractivity contribution in [3.63, 3.8) is 0 Å². The van der Waals surface area contributed by atoms with E-state index in [9.17, 15) is 4.79 Å². The predicted molar refractivity (Wildman–Crippen MR) is 93.2 cm³/mol. The van der Waals surface area contributed by atoms with Gasteiger partial charge in [-0.2, -0.15) is 5.10 Å². The van der Waals surface area contributed by atoms with Gasteiger partial charge in [0.05, 0.1) is 0 Å². The normalized spacial score (nSPS) is 11.9. The Morgan fingerprint density at radius 3 is 2.62 bits per heavy atom. The lowest BCUT2D eigenvalue weighted by molar-refractivity contribution is -0.124. The Bertz CT molecular complexity index is 827. The van der Waals surface area contributed by atoms with E-state index in [0.717, 1.165) is 11.1 Å². The molecule has 0 radical (unpaired) electrons. The molecule has 1 amide bonds. The third-order valence-corrected chi connectivity index (χ3v) is 3.96. The fourth-order valence-corrected chi connectivity index (χ4v) is 2.56. The van der Waals surface area contributed by atoms with Crippen molar-refractivity contribution >= 4 is 5.91 Å². The van der Waals surface area contributed by atoms with E-state index >= 15 is 0 Å². The molecule has 24 heavy (non-hydrogen) atoms. The van der Waals surface area contributed by atoms with Crippen LogP contribution >= 0.6 is 0 Å². The quantitative estimate of drug-likeness (QED) is 0.785. The van der Waals surface area contributed by atoms with Crippen LogP contribution in [-0.4, -0.2) is 20.7 Å². The van der Waals surface area contributed by atoms with Crippen LogP contribution in [0.3, 0.4) is 0 Å². The molecule has 0 bridgehead atoms. The van der Waals surface area contributed by atoms with Crippen LogP contribution in [0.5, 0.6) is 0 Å². The van der Waals surface area contributed by atoms with Gasteiger partial charge >= 0.3 is 0 Å². The number of nitrogens with one attached hydrogen (secondary N) is 1. The standard InChI is InChI=1S/C19H20N4O/c1-14-5-3-7-17(9-14)18-8-4-6-16(10-18)11-21-19(24)15(2)23-13-20-12-22-23/h3-10,12-13,15H,11H2,1-2H3,(H,21,24). The lowest BCUT2D eigenvalue weighted by Gasteiger charge is -2.12. The number of benzene rings is 2. The van der Waals surface area contributed by atoms with E-state index in [2.05, 4.69) is 58.7 Å². The van der Waals surface area contributed by atoms with Gasteiger partial charge in [-0.15, -0.1) is 0 Å². The fourth-order valence-electron chi connectivity index (χ4n) is 2.56. The Balaban J connectivity index is 1.68. The number of aryl methyl sites for hydroxylation is 1. The molecule has 0 spiro atoms. The van der Waals surface area contributed by atoms with E-state index in [1.807, 2.05) is 12.1 Å². The maximum absolute atomic E-state index is 12.2. The molecule has 0 aliphatic heterocycles. The molecule has 2 aromatic carbocycles. The SMILES string of the molecule is Cc1cccc(-c2cccc(CNC(=O)C(C)n3cncn3)c2)c1. The number of carbonyl (C=O) groups excluding carboxylic acids is 1. The summed E-state index contributed by atoms with van der Waals surface area (Å²) in [5.74, 6) is -0.0820. The average molecular weight is 320 g/mol. The number of nitrogens with zero attached hydrogens (tertiary/aromatic N) is 3. The molecule has 1 aromatic heterocycles. The Hall–Kier alpha value is -2.95. The fraction of sp³-hybridized carbons (Fsp3) is 0.211. The highest BCUT2D eigenvalue weighted by Crippen LogP contribution is 2.21. The van der Waals surface area contributed by atoms with Crippen molar-refractivity contribution in [2.24, 2.45) is 0 Å². The van der Waals surface area contributed by atoms with E-state index in [1.165, 1.54) is 17.5 Å². The zero-order valence-electron chi connectivity index (χ0n) is 13.8. The highest BCUT2D eigenvalue weighted by Gasteiger charge is 2.14. The maximum atomic E-state index is 12.2. The molecule has 0 saturated carbocycles. The van der Waals surface area contributed by atoms with Crippen LogP contribution in [0.25, 0.3) is 11.1 Å². The van der Waals surface area contributed by atoms with Crippen molar-refractivity contribution in [3.8, 4) is 11.1 Å². The molecule has 0 fully saturated rings. The molecule has 0 aliphatic carbocycles. The van der Waals surface area contributed by atoms with Crippen LogP contribution in [0, 0.1) is 6.92 Å². The molecule has 0 saturated heterocycles. The van der Waals surface area contributed by atoms with E-state index in [-0.39, 0.29) is 11.9 Å². The zero-order valence-corrected chi connectivity index (χ0v) is 13.8. The molecule has 3 rings (SSSR count). The monoisotopic (exact) mass is 320 g/mol. The van der Waals surface area contributed by atoms with E-state index < -0.39 is 0 Å². The summed E-state index contributed by atoms with van der Waals surface area (Å²) in [5.41, 5.74) is 4.62. The molecular weight excluding hydrogens is 300 g/mol. The van der Waals surface area contributed by atoms with E-state index in [1.54, 1.807) is 17.9 Å². The molecule has 5 nitrogen and oxygen atoms in total. The molecule has 1 heterocycles. The van der Waals surface area contributed by atoms with Gasteiger partial charge in [0, 0.05) is 6.54 Å². The van der Waals surface area contributed by atoms with Crippen molar-refractivity contribution in [2.75, 3.05) is 0 Å². The van der Waals surface area contributed by atoms with Crippen molar-refractivity contribution in [1.82, 2.24) is 20.1 Å². The minimum absolute atomic E-state index is 0.0820. The highest BCUT2D eigenvalue weighted by atomic mass is 16.2. The average Bonchev–Trinajstić information content (AvgIpc) is 3.14. The van der Waals surface area contributed by atoms with Gasteiger partial charge in [-0.3, -0.25) is 4.79 Å². The lowest BCUT2D eigenvalue weighted by atomic mass is 10.0. The molecule has 1 N–H and O–H groups in total. The first-order valence-electron chi connectivity index (χ1n) is 7.91. The van der Waals surface area contributed by atoms with Crippen LogP contribution in [0.2, 0.25) is 0 Å². The second-order valence-electron chi connectivity index (χ2n) is 5.84. The molecular formula is C19H20N4O. The van der Waals surface area contributed by atoms with Crippen LogP contribution in [0.15, 0.2) is 61.2 Å². The first-order valence-corrected chi connectivity index (χ1v) is 7.91. The van der Waals surface area contributed by atoms with Gasteiger partial charge < -0.3 is 5.32 Å². The Labute approximate surface area is 141 Å². The van der Waals surface area contributed by atoms with Crippen LogP contribution in [0.4, 0.5) is 0 Å².